The van der Waals surface area contributed by atoms with Gasteiger partial charge in [0.1, 0.15) is 0 Å². The van der Waals surface area contributed by atoms with Gasteiger partial charge < -0.3 is 0 Å². The van der Waals surface area contributed by atoms with Crippen LogP contribution >= 0.6 is 0 Å². The van der Waals surface area contributed by atoms with E-state index in [4.69, 9.17) is 0 Å². The first-order valence-corrected chi connectivity index (χ1v) is 8.32. The fraction of sp³-hybridized carbons (Fsp3) is 0.889. The lowest BCUT2D eigenvalue weighted by atomic mass is 9.83. The maximum atomic E-state index is 2.51. The van der Waals surface area contributed by atoms with E-state index in [0.29, 0.717) is 0 Å². The molecule has 2 unspecified atom stereocenters. The van der Waals surface area contributed by atoms with E-state index in [1.807, 2.05) is 0 Å². The van der Waals surface area contributed by atoms with E-state index < -0.39 is 0 Å². The average molecular weight is 248 g/mol. The van der Waals surface area contributed by atoms with Crippen molar-refractivity contribution in [1.29, 1.82) is 0 Å². The number of hydrogen-bond acceptors (Lipinski definition) is 0. The van der Waals surface area contributed by atoms with E-state index in [1.54, 1.807) is 5.57 Å². The van der Waals surface area contributed by atoms with E-state index in [0.717, 1.165) is 23.7 Å². The highest BCUT2D eigenvalue weighted by Crippen LogP contribution is 2.45. The molecule has 2 aliphatic rings. The Bertz CT molecular complexity index is 274. The molecule has 1 saturated carbocycles. The molecule has 104 valence electrons. The first kappa shape index (κ1) is 14.2. The molecule has 2 aliphatic carbocycles. The minimum atomic E-state index is 0.898. The summed E-state index contributed by atoms with van der Waals surface area (Å²) in [4.78, 5) is 0. The van der Waals surface area contributed by atoms with Gasteiger partial charge in [0.05, 0.1) is 0 Å². The van der Waals surface area contributed by atoms with Gasteiger partial charge in [-0.1, -0.05) is 44.8 Å². The topological polar surface area (TPSA) is 0 Å². The van der Waals surface area contributed by atoms with Crippen LogP contribution in [0.15, 0.2) is 11.6 Å². The summed E-state index contributed by atoms with van der Waals surface area (Å²) in [7, 11) is 0. The Morgan fingerprint density at radius 1 is 1.06 bits per heavy atom. The second-order valence-corrected chi connectivity index (χ2v) is 7.23. The maximum Gasteiger partial charge on any atom is -0.0320 e. The van der Waals surface area contributed by atoms with E-state index in [1.165, 1.54) is 57.8 Å². The first-order chi connectivity index (χ1) is 8.66. The van der Waals surface area contributed by atoms with Crippen molar-refractivity contribution >= 4 is 0 Å². The summed E-state index contributed by atoms with van der Waals surface area (Å²) in [5.74, 6) is 4.00. The van der Waals surface area contributed by atoms with Gasteiger partial charge in [-0.2, -0.15) is 0 Å². The predicted octanol–water partition coefficient (Wildman–Crippen LogP) is 5.98. The standard InChI is InChI=1S/C18H32/c1-14(2)18-13-16-9-7-5-4-6-8-15(3)10-11-17(18)12-16/h8,14,16-18H,4-7,9-13H2,1-3H3/b15-8-/t16-,17?,18?/m0/s1. The zero-order valence-corrected chi connectivity index (χ0v) is 12.8. The van der Waals surface area contributed by atoms with Crippen LogP contribution in [0, 0.1) is 23.7 Å². The number of fused-ring (bicyclic) bond motifs is 2. The highest BCUT2D eigenvalue weighted by Gasteiger charge is 2.34. The minimum absolute atomic E-state index is 0.898. The van der Waals surface area contributed by atoms with Crippen molar-refractivity contribution in [2.45, 2.75) is 78.6 Å². The van der Waals surface area contributed by atoms with E-state index >= 15 is 0 Å². The quantitative estimate of drug-likeness (QED) is 0.501. The summed E-state index contributed by atoms with van der Waals surface area (Å²) < 4.78 is 0. The monoisotopic (exact) mass is 248 g/mol. The van der Waals surface area contributed by atoms with Crippen molar-refractivity contribution in [2.75, 3.05) is 0 Å². The number of rotatable bonds is 1. The van der Waals surface area contributed by atoms with Crippen LogP contribution in [0.5, 0.6) is 0 Å². The van der Waals surface area contributed by atoms with Crippen molar-refractivity contribution in [1.82, 2.24) is 0 Å². The summed E-state index contributed by atoms with van der Waals surface area (Å²) in [5.41, 5.74) is 1.65. The van der Waals surface area contributed by atoms with Crippen molar-refractivity contribution < 1.29 is 0 Å². The van der Waals surface area contributed by atoms with Gasteiger partial charge in [0.25, 0.3) is 0 Å². The van der Waals surface area contributed by atoms with Crippen LogP contribution in [-0.2, 0) is 0 Å². The Hall–Kier alpha value is -0.260. The third-order valence-corrected chi connectivity index (χ3v) is 5.42. The Morgan fingerprint density at radius 2 is 1.89 bits per heavy atom. The van der Waals surface area contributed by atoms with Crippen LogP contribution in [0.1, 0.15) is 78.6 Å². The van der Waals surface area contributed by atoms with Crippen molar-refractivity contribution in [3.63, 3.8) is 0 Å². The van der Waals surface area contributed by atoms with Crippen molar-refractivity contribution in [3.05, 3.63) is 11.6 Å². The Morgan fingerprint density at radius 3 is 2.67 bits per heavy atom. The van der Waals surface area contributed by atoms with Gasteiger partial charge in [-0.05, 0) is 69.1 Å². The van der Waals surface area contributed by atoms with E-state index in [2.05, 4.69) is 26.8 Å². The van der Waals surface area contributed by atoms with Gasteiger partial charge in [0.15, 0.2) is 0 Å². The molecular weight excluding hydrogens is 216 g/mol. The van der Waals surface area contributed by atoms with Crippen LogP contribution in [0.4, 0.5) is 0 Å². The van der Waals surface area contributed by atoms with Crippen molar-refractivity contribution in [2.24, 2.45) is 23.7 Å². The average Bonchev–Trinajstić information content (AvgIpc) is 2.73. The zero-order valence-electron chi connectivity index (χ0n) is 12.8. The van der Waals surface area contributed by atoms with E-state index in [9.17, 15) is 0 Å². The third kappa shape index (κ3) is 3.87. The number of allylic oxidation sites excluding steroid dienone is 2. The van der Waals surface area contributed by atoms with Gasteiger partial charge in [0, 0.05) is 0 Å². The smallest absolute Gasteiger partial charge is 0.0320 e. The second kappa shape index (κ2) is 6.78. The van der Waals surface area contributed by atoms with Crippen LogP contribution in [0.25, 0.3) is 0 Å². The fourth-order valence-electron chi connectivity index (χ4n) is 4.28. The van der Waals surface area contributed by atoms with Gasteiger partial charge in [-0.15, -0.1) is 0 Å². The second-order valence-electron chi connectivity index (χ2n) is 7.23. The lowest BCUT2D eigenvalue weighted by Crippen LogP contribution is -2.14. The van der Waals surface area contributed by atoms with Crippen LogP contribution in [-0.4, -0.2) is 0 Å². The SMILES string of the molecule is C/C1=C/CCCCC[C@H]2CC(CC1)C(C(C)C)C2. The molecule has 0 N–H and O–H groups in total. The largest absolute Gasteiger partial charge is 0.0856 e. The molecule has 18 heavy (non-hydrogen) atoms. The molecule has 0 aromatic carbocycles. The molecule has 0 aromatic rings. The lowest BCUT2D eigenvalue weighted by molar-refractivity contribution is 0.281. The maximum absolute atomic E-state index is 2.51. The van der Waals surface area contributed by atoms with Gasteiger partial charge >= 0.3 is 0 Å². The molecule has 0 aromatic heterocycles. The molecule has 0 amide bonds. The summed E-state index contributed by atoms with van der Waals surface area (Å²) in [6, 6.07) is 0. The Kier molecular flexibility index (Phi) is 5.33. The molecule has 0 saturated heterocycles. The zero-order chi connectivity index (χ0) is 13.0. The van der Waals surface area contributed by atoms with Crippen molar-refractivity contribution in [3.8, 4) is 0 Å². The number of hydrogen-bond donors (Lipinski definition) is 0. The Labute approximate surface area is 114 Å². The molecule has 3 atom stereocenters. The highest BCUT2D eigenvalue weighted by molar-refractivity contribution is 4.99. The molecule has 0 radical (unpaired) electrons. The highest BCUT2D eigenvalue weighted by atomic mass is 14.4. The van der Waals surface area contributed by atoms with Gasteiger partial charge in [0.2, 0.25) is 0 Å². The van der Waals surface area contributed by atoms with Crippen LogP contribution in [0.3, 0.4) is 0 Å². The molecular formula is C18H32. The van der Waals surface area contributed by atoms with Crippen LogP contribution in [0.2, 0.25) is 0 Å². The molecule has 0 nitrogen and oxygen atoms in total. The Balaban J connectivity index is 2.00. The molecule has 2 rings (SSSR count). The normalized spacial score (nSPS) is 37.8. The predicted molar refractivity (Wildman–Crippen MR) is 80.6 cm³/mol. The lowest BCUT2D eigenvalue weighted by Gasteiger charge is -2.23. The molecule has 1 fully saturated rings. The molecule has 0 heterocycles. The van der Waals surface area contributed by atoms with Crippen LogP contribution < -0.4 is 0 Å². The minimum Gasteiger partial charge on any atom is -0.0856 e. The molecule has 0 heteroatoms. The summed E-state index contributed by atoms with van der Waals surface area (Å²) in [6.07, 6.45) is 15.6. The van der Waals surface area contributed by atoms with Gasteiger partial charge in [-0.3, -0.25) is 0 Å². The summed E-state index contributed by atoms with van der Waals surface area (Å²) in [5, 5.41) is 0. The first-order valence-electron chi connectivity index (χ1n) is 8.32. The fourth-order valence-corrected chi connectivity index (χ4v) is 4.28. The van der Waals surface area contributed by atoms with Gasteiger partial charge in [-0.25, -0.2) is 0 Å². The molecule has 0 spiro atoms. The summed E-state index contributed by atoms with van der Waals surface area (Å²) in [6.45, 7) is 7.24. The van der Waals surface area contributed by atoms with E-state index in [-0.39, 0.29) is 0 Å². The molecule has 0 aliphatic heterocycles. The third-order valence-electron chi connectivity index (χ3n) is 5.42. The molecule has 2 bridgehead atoms. The summed E-state index contributed by atoms with van der Waals surface area (Å²) >= 11 is 0.